The number of benzene rings is 2. The number of amides is 4. The molecule has 2 atom stereocenters. The third kappa shape index (κ3) is 6.61. The van der Waals surface area contributed by atoms with E-state index in [2.05, 4.69) is 15.6 Å². The van der Waals surface area contributed by atoms with Crippen molar-refractivity contribution in [3.05, 3.63) is 66.5 Å². The Morgan fingerprint density at radius 2 is 1.78 bits per heavy atom. The number of aromatic nitrogens is 1. The number of nitrogens with one attached hydrogen (secondary N) is 2. The van der Waals surface area contributed by atoms with Gasteiger partial charge in [0, 0.05) is 18.0 Å². The fraction of sp³-hybridized carbons (Fsp3) is 0.276. The van der Waals surface area contributed by atoms with Crippen LogP contribution in [0.1, 0.15) is 30.3 Å². The lowest BCUT2D eigenvalue weighted by molar-refractivity contribution is -0.127. The zero-order valence-corrected chi connectivity index (χ0v) is 22.3. The summed E-state index contributed by atoms with van der Waals surface area (Å²) in [5.41, 5.74) is 0.587. The second kappa shape index (κ2) is 12.9. The topological polar surface area (TPSA) is 166 Å². The predicted octanol–water partition coefficient (Wildman–Crippen LogP) is 0.758. The molecule has 0 radical (unpaired) electrons. The molecule has 0 saturated heterocycles. The summed E-state index contributed by atoms with van der Waals surface area (Å²) in [4.78, 5) is 82.9. The molecule has 4 amide bonds. The maximum Gasteiger partial charge on any atom is 0.271 e. The highest BCUT2D eigenvalue weighted by atomic mass is 16.3. The molecule has 41 heavy (non-hydrogen) atoms. The molecule has 12 nitrogen and oxygen atoms in total. The molecule has 0 bridgehead atoms. The number of aliphatic hydroxyl groups is 1. The van der Waals surface area contributed by atoms with Gasteiger partial charge in [0.15, 0.2) is 0 Å². The number of carbonyl (C=O) groups excluding carboxylic acids is 6. The van der Waals surface area contributed by atoms with Crippen LogP contribution in [0, 0.1) is 0 Å². The Morgan fingerprint density at radius 1 is 1.07 bits per heavy atom. The van der Waals surface area contributed by atoms with Crippen molar-refractivity contribution in [3.63, 3.8) is 0 Å². The first-order valence-corrected chi connectivity index (χ1v) is 12.9. The van der Waals surface area contributed by atoms with Crippen LogP contribution in [0.3, 0.4) is 0 Å². The quantitative estimate of drug-likeness (QED) is 0.306. The Balaban J connectivity index is 1.70. The number of pyridine rings is 1. The molecule has 0 saturated carbocycles. The van der Waals surface area contributed by atoms with E-state index in [9.17, 15) is 33.9 Å². The van der Waals surface area contributed by atoms with Gasteiger partial charge in [-0.3, -0.25) is 33.9 Å². The van der Waals surface area contributed by atoms with Crippen LogP contribution in [0.2, 0.25) is 0 Å². The van der Waals surface area contributed by atoms with Crippen LogP contribution in [-0.2, 0) is 24.0 Å². The van der Waals surface area contributed by atoms with Crippen molar-refractivity contribution >= 4 is 57.8 Å². The van der Waals surface area contributed by atoms with Crippen LogP contribution < -0.4 is 20.4 Å². The van der Waals surface area contributed by atoms with Gasteiger partial charge in [0.05, 0.1) is 37.0 Å². The number of carbonyl (C=O) groups is 6. The lowest BCUT2D eigenvalue weighted by atomic mass is 10.1. The summed E-state index contributed by atoms with van der Waals surface area (Å²) in [6, 6.07) is 12.9. The van der Waals surface area contributed by atoms with E-state index in [1.165, 1.54) is 18.0 Å². The van der Waals surface area contributed by atoms with Gasteiger partial charge in [-0.1, -0.05) is 36.4 Å². The summed E-state index contributed by atoms with van der Waals surface area (Å²) in [7, 11) is 0. The molecule has 0 fully saturated rings. The minimum atomic E-state index is -1.30. The second-order valence-corrected chi connectivity index (χ2v) is 9.51. The molecule has 2 aromatic carbocycles. The van der Waals surface area contributed by atoms with Crippen LogP contribution in [0.5, 0.6) is 0 Å². The number of aldehydes is 1. The summed E-state index contributed by atoms with van der Waals surface area (Å²) < 4.78 is 0. The van der Waals surface area contributed by atoms with Crippen molar-refractivity contribution in [2.75, 3.05) is 29.5 Å². The van der Waals surface area contributed by atoms with Crippen molar-refractivity contribution in [2.24, 2.45) is 0 Å². The second-order valence-electron chi connectivity index (χ2n) is 9.51. The fourth-order valence-corrected chi connectivity index (χ4v) is 4.69. The average molecular weight is 560 g/mol. The maximum atomic E-state index is 13.9. The summed E-state index contributed by atoms with van der Waals surface area (Å²) in [6.07, 6.45) is 1.47. The van der Waals surface area contributed by atoms with Crippen LogP contribution in [0.4, 0.5) is 11.4 Å². The highest BCUT2D eigenvalue weighted by Crippen LogP contribution is 2.33. The van der Waals surface area contributed by atoms with E-state index in [1.54, 1.807) is 42.5 Å². The SMILES string of the molecule is CC(=O)C[C@@H](C=O)NC(=O)CN1C(=O)[C@@H](NC(=O)c2nccc3ccccc23)CN(C(=O)CCO)c2ccccc21. The lowest BCUT2D eigenvalue weighted by Crippen LogP contribution is -2.55. The molecule has 0 spiro atoms. The first-order chi connectivity index (χ1) is 19.7. The number of para-hydroxylation sites is 2. The Kier molecular flexibility index (Phi) is 9.15. The van der Waals surface area contributed by atoms with Crippen molar-refractivity contribution in [2.45, 2.75) is 31.8 Å². The Bertz CT molecular complexity index is 1500. The normalized spacial score (nSPS) is 15.5. The summed E-state index contributed by atoms with van der Waals surface area (Å²) >= 11 is 0. The van der Waals surface area contributed by atoms with Gasteiger partial charge in [0.25, 0.3) is 11.8 Å². The average Bonchev–Trinajstić information content (AvgIpc) is 3.07. The van der Waals surface area contributed by atoms with E-state index in [0.717, 1.165) is 10.3 Å². The first-order valence-electron chi connectivity index (χ1n) is 12.9. The monoisotopic (exact) mass is 559 g/mol. The third-order valence-electron chi connectivity index (χ3n) is 6.53. The van der Waals surface area contributed by atoms with Crippen molar-refractivity contribution in [3.8, 4) is 0 Å². The molecule has 1 aliphatic heterocycles. The number of rotatable bonds is 10. The van der Waals surface area contributed by atoms with Gasteiger partial charge in [-0.05, 0) is 30.5 Å². The minimum absolute atomic E-state index is 0.0771. The van der Waals surface area contributed by atoms with E-state index < -0.39 is 48.9 Å². The Morgan fingerprint density at radius 3 is 2.49 bits per heavy atom. The molecular weight excluding hydrogens is 530 g/mol. The van der Waals surface area contributed by atoms with Crippen LogP contribution in [0.15, 0.2) is 60.8 Å². The highest BCUT2D eigenvalue weighted by Gasteiger charge is 2.38. The van der Waals surface area contributed by atoms with Crippen molar-refractivity contribution in [1.29, 1.82) is 0 Å². The number of ketones is 1. The third-order valence-corrected chi connectivity index (χ3v) is 6.53. The number of aliphatic hydroxyl groups excluding tert-OH is 1. The van der Waals surface area contributed by atoms with E-state index in [4.69, 9.17) is 0 Å². The maximum absolute atomic E-state index is 13.9. The number of hydrogen-bond donors (Lipinski definition) is 3. The summed E-state index contributed by atoms with van der Waals surface area (Å²) in [5, 5.41) is 15.9. The zero-order valence-electron chi connectivity index (χ0n) is 22.3. The standard InChI is InChI=1S/C29H29N5O7/c1-18(37)14-20(17-36)31-25(38)16-34-24-9-5-4-8-23(24)33(26(39)11-13-35)15-22(29(34)41)32-28(40)27-21-7-3-2-6-19(21)10-12-30-27/h2-10,12,17,20,22,35H,11,13-16H2,1H3,(H,31,38)(H,32,40)/t20-,22-/m0/s1. The summed E-state index contributed by atoms with van der Waals surface area (Å²) in [5.74, 6) is -2.87. The Labute approximate surface area is 235 Å². The molecule has 2 heterocycles. The molecule has 1 aromatic heterocycles. The highest BCUT2D eigenvalue weighted by molar-refractivity contribution is 6.12. The number of nitrogens with zero attached hydrogens (tertiary/aromatic N) is 3. The number of hydrogen-bond acceptors (Lipinski definition) is 8. The van der Waals surface area contributed by atoms with Crippen molar-refractivity contribution < 1.29 is 33.9 Å². The molecule has 4 rings (SSSR count). The van der Waals surface area contributed by atoms with Crippen LogP contribution in [0.25, 0.3) is 10.8 Å². The van der Waals surface area contributed by atoms with Gasteiger partial charge in [-0.15, -0.1) is 0 Å². The fourth-order valence-electron chi connectivity index (χ4n) is 4.69. The van der Waals surface area contributed by atoms with Gasteiger partial charge in [-0.25, -0.2) is 0 Å². The molecule has 3 aromatic rings. The van der Waals surface area contributed by atoms with Crippen LogP contribution >= 0.6 is 0 Å². The molecular formula is C29H29N5O7. The van der Waals surface area contributed by atoms with E-state index in [1.807, 2.05) is 12.1 Å². The van der Waals surface area contributed by atoms with Gasteiger partial charge in [-0.2, -0.15) is 0 Å². The van der Waals surface area contributed by atoms with E-state index >= 15 is 0 Å². The first kappa shape index (κ1) is 29.0. The predicted molar refractivity (Wildman–Crippen MR) is 149 cm³/mol. The van der Waals surface area contributed by atoms with Gasteiger partial charge in [0.2, 0.25) is 11.8 Å². The van der Waals surface area contributed by atoms with Gasteiger partial charge in [0.1, 0.15) is 30.3 Å². The molecule has 0 aliphatic carbocycles. The molecule has 0 unspecified atom stereocenters. The van der Waals surface area contributed by atoms with Gasteiger partial charge >= 0.3 is 0 Å². The minimum Gasteiger partial charge on any atom is -0.396 e. The number of Topliss-reactive ketones (excluding diaryl/α,β-unsaturated/α-hetero) is 1. The number of anilines is 2. The van der Waals surface area contributed by atoms with Crippen molar-refractivity contribution in [1.82, 2.24) is 15.6 Å². The number of fused-ring (bicyclic) bond motifs is 2. The smallest absolute Gasteiger partial charge is 0.271 e. The molecule has 3 N–H and O–H groups in total. The molecule has 12 heteroatoms. The van der Waals surface area contributed by atoms with E-state index in [0.29, 0.717) is 17.4 Å². The molecule has 212 valence electrons. The lowest BCUT2D eigenvalue weighted by Gasteiger charge is -2.25. The zero-order chi connectivity index (χ0) is 29.5. The summed E-state index contributed by atoms with van der Waals surface area (Å²) in [6.45, 7) is 0.0225. The molecule has 1 aliphatic rings. The van der Waals surface area contributed by atoms with Crippen LogP contribution in [-0.4, -0.2) is 77.6 Å². The van der Waals surface area contributed by atoms with Gasteiger partial charge < -0.3 is 25.4 Å². The Hall–Kier alpha value is -4.97. The van der Waals surface area contributed by atoms with E-state index in [-0.39, 0.29) is 36.6 Å². The largest absolute Gasteiger partial charge is 0.396 e.